The molecule has 0 N–H and O–H groups in total. The smallest absolute Gasteiger partial charge is 0.0780 e. The predicted molar refractivity (Wildman–Crippen MR) is 325 cm³/mol. The largest absolute Gasteiger partial charge is 0.372 e. The van der Waals surface area contributed by atoms with Crippen molar-refractivity contribution in [3.8, 4) is 0 Å². The summed E-state index contributed by atoms with van der Waals surface area (Å²) in [5.74, 6) is 0. The van der Waals surface area contributed by atoms with Gasteiger partial charge < -0.3 is 14.3 Å². The van der Waals surface area contributed by atoms with Crippen LogP contribution in [0.3, 0.4) is 0 Å². The van der Waals surface area contributed by atoms with Crippen LogP contribution >= 0.6 is 0 Å². The van der Waals surface area contributed by atoms with E-state index in [0.29, 0.717) is 0 Å². The molecule has 0 aliphatic rings. The lowest BCUT2D eigenvalue weighted by atomic mass is 10.1. The van der Waals surface area contributed by atoms with Crippen molar-refractivity contribution in [2.45, 2.75) is 149 Å². The topological polar surface area (TPSA) is 6.48 Å². The van der Waals surface area contributed by atoms with Gasteiger partial charge in [-0.05, 0) is 107 Å². The Kier molecular flexibility index (Phi) is 27.3. The summed E-state index contributed by atoms with van der Waals surface area (Å²) in [4.78, 5) is 5.27. The van der Waals surface area contributed by atoms with Gasteiger partial charge in [0.2, 0.25) is 0 Å². The molecule has 0 saturated heterocycles. The van der Waals surface area contributed by atoms with Crippen LogP contribution in [-0.4, -0.2) is 58.3 Å². The van der Waals surface area contributed by atoms with Gasteiger partial charge >= 0.3 is 0 Å². The zero-order valence-electron chi connectivity index (χ0n) is 46.2. The predicted octanol–water partition coefficient (Wildman–Crippen LogP) is 19.5. The number of quaternary nitrogens is 1. The van der Waals surface area contributed by atoms with E-state index in [1.807, 2.05) is 0 Å². The van der Waals surface area contributed by atoms with Crippen LogP contribution in [0.5, 0.6) is 0 Å². The van der Waals surface area contributed by atoms with Gasteiger partial charge in [0.05, 0.1) is 27.7 Å². The van der Waals surface area contributed by atoms with Gasteiger partial charge in [-0.15, -0.1) is 0 Å². The molecule has 3 heteroatoms. The summed E-state index contributed by atoms with van der Waals surface area (Å²) in [5, 5.41) is 0. The zero-order valence-corrected chi connectivity index (χ0v) is 46.2. The molecular formula is C69H96N3+. The molecule has 0 saturated carbocycles. The average molecular weight is 968 g/mol. The van der Waals surface area contributed by atoms with E-state index in [4.69, 9.17) is 0 Å². The Morgan fingerprint density at radius 1 is 0.264 bits per heavy atom. The molecule has 5 aromatic rings. The van der Waals surface area contributed by atoms with E-state index in [9.17, 15) is 0 Å². The van der Waals surface area contributed by atoms with Crippen molar-refractivity contribution in [2.24, 2.45) is 0 Å². The number of hydrogen-bond donors (Lipinski definition) is 0. The van der Waals surface area contributed by atoms with Crippen molar-refractivity contribution in [3.05, 3.63) is 166 Å². The molecule has 0 unspecified atom stereocenters. The van der Waals surface area contributed by atoms with Gasteiger partial charge in [-0.3, -0.25) is 0 Å². The Balaban J connectivity index is 1.06. The molecule has 0 aromatic heterocycles. The van der Waals surface area contributed by atoms with E-state index in [1.54, 1.807) is 0 Å². The molecule has 386 valence electrons. The molecule has 5 rings (SSSR count). The minimum atomic E-state index is 1.06. The Morgan fingerprint density at radius 2 is 0.458 bits per heavy atom. The van der Waals surface area contributed by atoms with E-state index >= 15 is 0 Å². The maximum Gasteiger partial charge on any atom is 0.0780 e. The second-order valence-electron chi connectivity index (χ2n) is 21.5. The van der Waals surface area contributed by atoms with Crippen molar-refractivity contribution in [1.29, 1.82) is 0 Å². The third-order valence-electron chi connectivity index (χ3n) is 14.1. The van der Waals surface area contributed by atoms with Crippen LogP contribution in [-0.2, 0) is 0 Å². The molecule has 0 fully saturated rings. The molecule has 0 bridgehead atoms. The average Bonchev–Trinajstić information content (AvgIpc) is 3.40. The highest BCUT2D eigenvalue weighted by Crippen LogP contribution is 2.23. The Bertz CT molecular complexity index is 2270. The molecule has 0 aliphatic heterocycles. The van der Waals surface area contributed by atoms with Gasteiger partial charge in [0, 0.05) is 37.6 Å². The van der Waals surface area contributed by atoms with E-state index in [0.717, 1.165) is 17.6 Å². The van der Waals surface area contributed by atoms with E-state index in [1.165, 1.54) is 204 Å². The molecular weight excluding hydrogens is 871 g/mol. The number of rotatable bonds is 36. The Morgan fingerprint density at radius 3 is 0.681 bits per heavy atom. The number of unbranched alkanes of at least 4 members (excludes halogenated alkanes) is 16. The van der Waals surface area contributed by atoms with Gasteiger partial charge in [0.25, 0.3) is 0 Å². The van der Waals surface area contributed by atoms with Crippen molar-refractivity contribution in [2.75, 3.05) is 63.7 Å². The fourth-order valence-corrected chi connectivity index (χ4v) is 9.39. The first-order chi connectivity index (χ1) is 35.2. The summed E-state index contributed by atoms with van der Waals surface area (Å²) in [7, 11) is 6.89. The molecule has 0 radical (unpaired) electrons. The summed E-state index contributed by atoms with van der Waals surface area (Å²) in [6, 6.07) is 44.9. The van der Waals surface area contributed by atoms with Crippen LogP contribution in [0, 0.1) is 0 Å². The summed E-state index contributed by atoms with van der Waals surface area (Å²) in [6.45, 7) is 12.8. The standard InChI is InChI=1S/C69H96N3/c1-7-10-13-16-19-24-57-70(55-22-17-14-11-8-2)68-51-47-66(48-52-68)45-43-64-39-35-62(36-40-64)33-31-60-27-29-61(30-28-60)32-34-63-37-41-65(42-38-63)44-46-67-49-53-69(54-50-67)71(56-23-18-15-12-9-3)58-25-20-21-26-59-72(4,5)6/h27-54H,7-26,55-59H2,1-6H3/q+1/b33-31+,34-32+,45-43+,46-44+. The second-order valence-corrected chi connectivity index (χ2v) is 21.5. The van der Waals surface area contributed by atoms with Crippen molar-refractivity contribution >= 4 is 60.0 Å². The Labute approximate surface area is 441 Å². The summed E-state index contributed by atoms with van der Waals surface area (Å²) >= 11 is 0. The first-order valence-corrected chi connectivity index (χ1v) is 28.7. The molecule has 0 spiro atoms. The van der Waals surface area contributed by atoms with Crippen LogP contribution in [0.4, 0.5) is 11.4 Å². The van der Waals surface area contributed by atoms with Gasteiger partial charge in [0.1, 0.15) is 0 Å². The van der Waals surface area contributed by atoms with E-state index < -0.39 is 0 Å². The highest BCUT2D eigenvalue weighted by molar-refractivity contribution is 5.76. The van der Waals surface area contributed by atoms with Crippen LogP contribution < -0.4 is 9.80 Å². The number of anilines is 2. The van der Waals surface area contributed by atoms with E-state index in [-0.39, 0.29) is 0 Å². The van der Waals surface area contributed by atoms with E-state index in [2.05, 4.69) is 222 Å². The Hall–Kier alpha value is -5.38. The van der Waals surface area contributed by atoms with Crippen LogP contribution in [0.15, 0.2) is 121 Å². The molecule has 72 heavy (non-hydrogen) atoms. The molecule has 5 aromatic carbocycles. The van der Waals surface area contributed by atoms with Crippen LogP contribution in [0.1, 0.15) is 194 Å². The summed E-state index contributed by atoms with van der Waals surface area (Å²) < 4.78 is 1.06. The third kappa shape index (κ3) is 23.9. The number of nitrogens with zero attached hydrogens (tertiary/aromatic N) is 3. The maximum atomic E-state index is 2.64. The highest BCUT2D eigenvalue weighted by atomic mass is 15.3. The fraction of sp³-hybridized carbons (Fsp3) is 0.449. The minimum absolute atomic E-state index is 1.06. The fourth-order valence-electron chi connectivity index (χ4n) is 9.39. The van der Waals surface area contributed by atoms with Crippen molar-refractivity contribution in [1.82, 2.24) is 0 Å². The molecule has 3 nitrogen and oxygen atoms in total. The first kappa shape index (κ1) is 57.5. The number of hydrogen-bond acceptors (Lipinski definition) is 2. The van der Waals surface area contributed by atoms with Gasteiger partial charge in [-0.25, -0.2) is 0 Å². The lowest BCUT2D eigenvalue weighted by Crippen LogP contribution is -2.35. The van der Waals surface area contributed by atoms with Crippen LogP contribution in [0.2, 0.25) is 0 Å². The lowest BCUT2D eigenvalue weighted by Gasteiger charge is -2.26. The summed E-state index contributed by atoms with van der Waals surface area (Å²) in [6.07, 6.45) is 44.3. The van der Waals surface area contributed by atoms with Crippen molar-refractivity contribution in [3.63, 3.8) is 0 Å². The SMILES string of the molecule is CCCCCCCCN(CCCCCCC)c1ccc(/C=C/c2ccc(/C=C/c3ccc(/C=C/c4ccc(/C=C/c5ccc(N(CCCCCCC)CCCCCC[N+](C)(C)C)cc5)cc4)cc3)cc2)cc1. The van der Waals surface area contributed by atoms with Gasteiger partial charge in [-0.1, -0.05) is 256 Å². The first-order valence-electron chi connectivity index (χ1n) is 28.7. The molecule has 0 atom stereocenters. The normalized spacial score (nSPS) is 12.1. The molecule has 0 heterocycles. The summed E-state index contributed by atoms with van der Waals surface area (Å²) in [5.41, 5.74) is 12.4. The number of benzene rings is 5. The van der Waals surface area contributed by atoms with Gasteiger partial charge in [-0.2, -0.15) is 0 Å². The molecule has 0 amide bonds. The quantitative estimate of drug-likeness (QED) is 0.0224. The van der Waals surface area contributed by atoms with Crippen molar-refractivity contribution < 1.29 is 4.48 Å². The molecule has 0 aliphatic carbocycles. The second kappa shape index (κ2) is 34.1. The lowest BCUT2D eigenvalue weighted by molar-refractivity contribution is -0.870. The minimum Gasteiger partial charge on any atom is -0.372 e. The third-order valence-corrected chi connectivity index (χ3v) is 14.1. The highest BCUT2D eigenvalue weighted by Gasteiger charge is 2.10. The maximum absolute atomic E-state index is 2.64. The van der Waals surface area contributed by atoms with Gasteiger partial charge in [0.15, 0.2) is 0 Å². The van der Waals surface area contributed by atoms with Crippen LogP contribution in [0.25, 0.3) is 48.6 Å². The monoisotopic (exact) mass is 967 g/mol. The zero-order chi connectivity index (χ0) is 50.9.